The number of sulfonamides is 1. The van der Waals surface area contributed by atoms with E-state index in [-0.39, 0.29) is 30.3 Å². The molecule has 184 valence electrons. The van der Waals surface area contributed by atoms with Gasteiger partial charge in [0, 0.05) is 13.1 Å². The Bertz CT molecular complexity index is 1220. The number of thiazole rings is 1. The SMILES string of the molecule is CSc1nc2ccc(S(=O)(=O)N(CC(C)C)C[C@@H](O)[C@H](Cc3ccccc3)NC(=O)O)cc2s1. The maximum atomic E-state index is 13.6. The van der Waals surface area contributed by atoms with Gasteiger partial charge < -0.3 is 15.5 Å². The standard InChI is InChI=1S/C23H29N3O5S3/c1-15(2)13-26(14-20(27)19(24-22(28)29)11-16-7-5-4-6-8-16)34(30,31)17-9-10-18-21(12-17)33-23(25-18)32-3/h4-10,12,15,19-20,24,27H,11,13-14H2,1-3H3,(H,28,29)/t19-,20+/m0/s1. The van der Waals surface area contributed by atoms with Crippen LogP contribution >= 0.6 is 23.1 Å². The predicted octanol–water partition coefficient (Wildman–Crippen LogP) is 3.90. The molecule has 34 heavy (non-hydrogen) atoms. The summed E-state index contributed by atoms with van der Waals surface area (Å²) >= 11 is 2.92. The van der Waals surface area contributed by atoms with Crippen molar-refractivity contribution in [1.82, 2.24) is 14.6 Å². The summed E-state index contributed by atoms with van der Waals surface area (Å²) in [5.41, 5.74) is 1.57. The van der Waals surface area contributed by atoms with Crippen molar-refractivity contribution in [3.8, 4) is 0 Å². The molecular weight excluding hydrogens is 494 g/mol. The normalized spacial score (nSPS) is 13.9. The maximum absolute atomic E-state index is 13.6. The Kier molecular flexibility index (Phi) is 8.94. The van der Waals surface area contributed by atoms with Gasteiger partial charge in [0.25, 0.3) is 0 Å². The van der Waals surface area contributed by atoms with Gasteiger partial charge in [-0.3, -0.25) is 0 Å². The van der Waals surface area contributed by atoms with E-state index in [0.29, 0.717) is 0 Å². The van der Waals surface area contributed by atoms with Gasteiger partial charge in [0.15, 0.2) is 4.34 Å². The third kappa shape index (κ3) is 6.70. The molecule has 0 spiro atoms. The van der Waals surface area contributed by atoms with Crippen LogP contribution in [0.1, 0.15) is 19.4 Å². The summed E-state index contributed by atoms with van der Waals surface area (Å²) in [5.74, 6) is -0.00258. The number of aliphatic hydroxyl groups is 1. The number of rotatable bonds is 11. The van der Waals surface area contributed by atoms with Crippen LogP contribution in [-0.2, 0) is 16.4 Å². The van der Waals surface area contributed by atoms with Gasteiger partial charge in [-0.2, -0.15) is 4.31 Å². The number of aliphatic hydroxyl groups excluding tert-OH is 1. The minimum absolute atomic E-state index is 0.00258. The van der Waals surface area contributed by atoms with Gasteiger partial charge in [-0.15, -0.1) is 11.3 Å². The molecule has 3 rings (SSSR count). The molecule has 2 atom stereocenters. The van der Waals surface area contributed by atoms with Crippen LogP contribution in [-0.4, -0.2) is 65.5 Å². The molecule has 2 aromatic carbocycles. The molecule has 0 aliphatic carbocycles. The van der Waals surface area contributed by atoms with E-state index >= 15 is 0 Å². The highest BCUT2D eigenvalue weighted by Crippen LogP contribution is 2.31. The lowest BCUT2D eigenvalue weighted by molar-refractivity contribution is 0.0980. The van der Waals surface area contributed by atoms with Crippen molar-refractivity contribution >= 4 is 49.4 Å². The number of amides is 1. The summed E-state index contributed by atoms with van der Waals surface area (Å²) in [5, 5.41) is 22.6. The van der Waals surface area contributed by atoms with Crippen LogP contribution < -0.4 is 5.32 Å². The van der Waals surface area contributed by atoms with E-state index in [9.17, 15) is 23.4 Å². The Labute approximate surface area is 208 Å². The van der Waals surface area contributed by atoms with Crippen molar-refractivity contribution in [3.05, 3.63) is 54.1 Å². The molecule has 0 aliphatic rings. The first-order chi connectivity index (χ1) is 16.1. The van der Waals surface area contributed by atoms with E-state index in [1.54, 1.807) is 12.1 Å². The molecule has 0 aliphatic heterocycles. The molecule has 0 bridgehead atoms. The van der Waals surface area contributed by atoms with Crippen molar-refractivity contribution in [1.29, 1.82) is 0 Å². The summed E-state index contributed by atoms with van der Waals surface area (Å²) in [6.07, 6.45) is -0.384. The van der Waals surface area contributed by atoms with E-state index < -0.39 is 28.3 Å². The van der Waals surface area contributed by atoms with Gasteiger partial charge in [0.05, 0.1) is 27.3 Å². The molecule has 0 fully saturated rings. The van der Waals surface area contributed by atoms with E-state index in [2.05, 4.69) is 10.3 Å². The number of carbonyl (C=O) groups is 1. The lowest BCUT2D eigenvalue weighted by Crippen LogP contribution is -2.50. The molecule has 0 radical (unpaired) electrons. The van der Waals surface area contributed by atoms with Gasteiger partial charge >= 0.3 is 6.09 Å². The Balaban J connectivity index is 1.89. The van der Waals surface area contributed by atoms with Crippen LogP contribution in [0.15, 0.2) is 57.8 Å². The van der Waals surface area contributed by atoms with E-state index in [0.717, 1.165) is 20.1 Å². The fourth-order valence-corrected chi connectivity index (χ4v) is 6.86. The highest BCUT2D eigenvalue weighted by molar-refractivity contribution is 8.00. The highest BCUT2D eigenvalue weighted by Gasteiger charge is 2.31. The molecular formula is C23H29N3O5S3. The number of nitrogens with zero attached hydrogens (tertiary/aromatic N) is 2. The van der Waals surface area contributed by atoms with Crippen molar-refractivity contribution in [2.24, 2.45) is 5.92 Å². The third-order valence-electron chi connectivity index (χ3n) is 5.18. The van der Waals surface area contributed by atoms with Crippen LogP contribution in [0.2, 0.25) is 0 Å². The summed E-state index contributed by atoms with van der Waals surface area (Å²) in [6.45, 7) is 3.72. The second kappa shape index (κ2) is 11.5. The van der Waals surface area contributed by atoms with E-state index in [1.165, 1.54) is 33.5 Å². The first-order valence-electron chi connectivity index (χ1n) is 10.8. The molecule has 3 N–H and O–H groups in total. The number of nitrogens with one attached hydrogen (secondary N) is 1. The zero-order chi connectivity index (χ0) is 24.9. The second-order valence-electron chi connectivity index (χ2n) is 8.34. The number of hydrogen-bond acceptors (Lipinski definition) is 7. The van der Waals surface area contributed by atoms with Crippen LogP contribution in [0.3, 0.4) is 0 Å². The predicted molar refractivity (Wildman–Crippen MR) is 136 cm³/mol. The van der Waals surface area contributed by atoms with Crippen LogP contribution in [0.25, 0.3) is 10.2 Å². The van der Waals surface area contributed by atoms with E-state index in [4.69, 9.17) is 0 Å². The van der Waals surface area contributed by atoms with Crippen molar-refractivity contribution in [2.75, 3.05) is 19.3 Å². The Hall–Kier alpha value is -2.18. The summed E-state index contributed by atoms with van der Waals surface area (Å²) < 4.78 is 30.0. The van der Waals surface area contributed by atoms with E-state index in [1.807, 2.05) is 50.4 Å². The maximum Gasteiger partial charge on any atom is 0.404 e. The van der Waals surface area contributed by atoms with Crippen LogP contribution in [0.5, 0.6) is 0 Å². The number of hydrogen-bond donors (Lipinski definition) is 3. The summed E-state index contributed by atoms with van der Waals surface area (Å²) in [7, 11) is -3.94. The van der Waals surface area contributed by atoms with Crippen molar-refractivity contribution < 1.29 is 23.4 Å². The molecule has 8 nitrogen and oxygen atoms in total. The fraction of sp³-hybridized carbons (Fsp3) is 0.391. The van der Waals surface area contributed by atoms with Gasteiger partial charge in [0.1, 0.15) is 0 Å². The molecule has 0 saturated heterocycles. The molecule has 3 aromatic rings. The van der Waals surface area contributed by atoms with Gasteiger partial charge in [-0.1, -0.05) is 55.9 Å². The largest absolute Gasteiger partial charge is 0.465 e. The molecule has 0 unspecified atom stereocenters. The zero-order valence-corrected chi connectivity index (χ0v) is 21.7. The van der Waals surface area contributed by atoms with Crippen LogP contribution in [0.4, 0.5) is 4.79 Å². The fourth-order valence-electron chi connectivity index (χ4n) is 3.60. The molecule has 11 heteroatoms. The average Bonchev–Trinajstić information content (AvgIpc) is 3.21. The molecule has 1 amide bonds. The lowest BCUT2D eigenvalue weighted by atomic mass is 10.0. The molecule has 1 heterocycles. The minimum Gasteiger partial charge on any atom is -0.465 e. The summed E-state index contributed by atoms with van der Waals surface area (Å²) in [4.78, 5) is 16.0. The van der Waals surface area contributed by atoms with Crippen LogP contribution in [0, 0.1) is 5.92 Å². The minimum atomic E-state index is -3.94. The first-order valence-corrected chi connectivity index (χ1v) is 14.2. The number of aromatic nitrogens is 1. The van der Waals surface area contributed by atoms with Gasteiger partial charge in [0.2, 0.25) is 10.0 Å². The highest BCUT2D eigenvalue weighted by atomic mass is 32.2. The Morgan fingerprint density at radius 3 is 2.50 bits per heavy atom. The van der Waals surface area contributed by atoms with Gasteiger partial charge in [-0.05, 0) is 42.4 Å². The summed E-state index contributed by atoms with van der Waals surface area (Å²) in [6, 6.07) is 13.1. The lowest BCUT2D eigenvalue weighted by Gasteiger charge is -2.30. The quantitative estimate of drug-likeness (QED) is 0.326. The Morgan fingerprint density at radius 1 is 1.18 bits per heavy atom. The zero-order valence-electron chi connectivity index (χ0n) is 19.2. The first kappa shape index (κ1) is 26.4. The average molecular weight is 524 g/mol. The number of thioether (sulfide) groups is 1. The molecule has 1 aromatic heterocycles. The number of benzene rings is 2. The number of fused-ring (bicyclic) bond motifs is 1. The third-order valence-corrected chi connectivity index (χ3v) is 9.01. The monoisotopic (exact) mass is 523 g/mol. The van der Waals surface area contributed by atoms with Crippen molar-refractivity contribution in [2.45, 2.75) is 41.6 Å². The molecule has 0 saturated carbocycles. The smallest absolute Gasteiger partial charge is 0.404 e. The Morgan fingerprint density at radius 2 is 1.88 bits per heavy atom. The van der Waals surface area contributed by atoms with Gasteiger partial charge in [-0.25, -0.2) is 18.2 Å². The topological polar surface area (TPSA) is 120 Å². The second-order valence-corrected chi connectivity index (χ2v) is 12.4. The van der Waals surface area contributed by atoms with Crippen molar-refractivity contribution in [3.63, 3.8) is 0 Å². The number of carboxylic acid groups (broad SMARTS) is 1.